The van der Waals surface area contributed by atoms with Gasteiger partial charge in [-0.15, -0.1) is 0 Å². The van der Waals surface area contributed by atoms with Crippen LogP contribution in [0.1, 0.15) is 27.3 Å². The van der Waals surface area contributed by atoms with Crippen molar-refractivity contribution in [3.63, 3.8) is 0 Å². The minimum Gasteiger partial charge on any atom is -0.341 e. The summed E-state index contributed by atoms with van der Waals surface area (Å²) in [7, 11) is 0. The second-order valence-electron chi connectivity index (χ2n) is 6.97. The van der Waals surface area contributed by atoms with Gasteiger partial charge in [-0.25, -0.2) is 19.2 Å². The van der Waals surface area contributed by atoms with E-state index in [1.165, 1.54) is 18.3 Å². The fourth-order valence-electron chi connectivity index (χ4n) is 3.38. The number of pyridine rings is 2. The number of rotatable bonds is 7. The van der Waals surface area contributed by atoms with Gasteiger partial charge in [-0.3, -0.25) is 15.0 Å². The van der Waals surface area contributed by atoms with E-state index in [0.717, 1.165) is 22.7 Å². The van der Waals surface area contributed by atoms with Crippen LogP contribution in [0.4, 0.5) is 8.78 Å². The molecule has 31 heavy (non-hydrogen) atoms. The summed E-state index contributed by atoms with van der Waals surface area (Å²) in [5.74, 6) is -2.01. The Kier molecular flexibility index (Phi) is 5.96. The van der Waals surface area contributed by atoms with Crippen LogP contribution in [0.25, 0.3) is 10.9 Å². The Bertz CT molecular complexity index is 1230. The van der Waals surface area contributed by atoms with Gasteiger partial charge >= 0.3 is 0 Å². The lowest BCUT2D eigenvalue weighted by atomic mass is 10.1. The molecule has 4 aromatic rings. The number of benzene rings is 1. The first-order valence-corrected chi connectivity index (χ1v) is 9.52. The molecule has 0 unspecified atom stereocenters. The summed E-state index contributed by atoms with van der Waals surface area (Å²) in [6, 6.07) is 10.7. The molecule has 1 amide bonds. The highest BCUT2D eigenvalue weighted by Gasteiger charge is 2.15. The van der Waals surface area contributed by atoms with Crippen molar-refractivity contribution in [2.24, 2.45) is 0 Å². The maximum Gasteiger partial charge on any atom is 0.293 e. The second kappa shape index (κ2) is 8.99. The quantitative estimate of drug-likeness (QED) is 0.314. The van der Waals surface area contributed by atoms with E-state index < -0.39 is 17.5 Å². The maximum absolute atomic E-state index is 14.2. The highest BCUT2D eigenvalue weighted by Crippen LogP contribution is 2.24. The van der Waals surface area contributed by atoms with Crippen molar-refractivity contribution < 1.29 is 18.8 Å². The van der Waals surface area contributed by atoms with Gasteiger partial charge in [0.1, 0.15) is 17.3 Å². The molecule has 0 atom stereocenters. The number of hydrogen-bond donors (Lipinski definition) is 3. The van der Waals surface area contributed by atoms with Crippen molar-refractivity contribution in [3.8, 4) is 0 Å². The largest absolute Gasteiger partial charge is 0.341 e. The Hall–Kier alpha value is -3.69. The highest BCUT2D eigenvalue weighted by atomic mass is 19.1. The molecule has 0 saturated carbocycles. The number of fused-ring (bicyclic) bond motifs is 1. The molecule has 0 fully saturated rings. The van der Waals surface area contributed by atoms with Gasteiger partial charge < -0.3 is 9.88 Å². The molecule has 0 radical (unpaired) electrons. The summed E-state index contributed by atoms with van der Waals surface area (Å²) >= 11 is 0. The molecule has 3 heterocycles. The first-order chi connectivity index (χ1) is 15.0. The number of hydrogen-bond acceptors (Lipinski definition) is 5. The summed E-state index contributed by atoms with van der Waals surface area (Å²) in [5.41, 5.74) is 4.34. The van der Waals surface area contributed by atoms with Crippen LogP contribution in [0.15, 0.2) is 61.1 Å². The topological polar surface area (TPSA) is 92.1 Å². The fourth-order valence-corrected chi connectivity index (χ4v) is 3.38. The molecule has 3 aromatic heterocycles. The van der Waals surface area contributed by atoms with Crippen LogP contribution in [0.5, 0.6) is 0 Å². The minimum absolute atomic E-state index is 0.0479. The van der Waals surface area contributed by atoms with Gasteiger partial charge in [-0.1, -0.05) is 12.1 Å². The number of aromatic nitrogens is 3. The van der Waals surface area contributed by atoms with Crippen LogP contribution in [-0.4, -0.2) is 25.6 Å². The molecule has 1 aromatic carbocycles. The second-order valence-corrected chi connectivity index (χ2v) is 6.97. The van der Waals surface area contributed by atoms with Crippen LogP contribution in [0.3, 0.4) is 0 Å². The molecule has 9 heteroatoms. The fraction of sp³-hybridized carbons (Fsp3) is 0.136. The van der Waals surface area contributed by atoms with E-state index in [0.29, 0.717) is 24.2 Å². The average Bonchev–Trinajstić information content (AvgIpc) is 3.12. The Morgan fingerprint density at radius 3 is 2.68 bits per heavy atom. The van der Waals surface area contributed by atoms with Gasteiger partial charge in [0, 0.05) is 42.5 Å². The van der Waals surface area contributed by atoms with Gasteiger partial charge in [-0.2, -0.15) is 0 Å². The molecule has 0 aliphatic carbocycles. The zero-order valence-corrected chi connectivity index (χ0v) is 16.3. The van der Waals surface area contributed by atoms with Crippen LogP contribution in [0, 0.1) is 11.6 Å². The lowest BCUT2D eigenvalue weighted by molar-refractivity contribution is 0.0701. The molecule has 0 bridgehead atoms. The van der Waals surface area contributed by atoms with Gasteiger partial charge in [0.15, 0.2) is 0 Å². The van der Waals surface area contributed by atoms with Gasteiger partial charge in [-0.05, 0) is 29.8 Å². The predicted octanol–water partition coefficient (Wildman–Crippen LogP) is 3.17. The normalized spacial score (nSPS) is 11.1. The Morgan fingerprint density at radius 1 is 1.06 bits per heavy atom. The maximum atomic E-state index is 14.2. The van der Waals surface area contributed by atoms with E-state index in [-0.39, 0.29) is 12.2 Å². The van der Waals surface area contributed by atoms with Crippen LogP contribution in [-0.2, 0) is 19.6 Å². The van der Waals surface area contributed by atoms with Crippen LogP contribution in [0.2, 0.25) is 0 Å². The van der Waals surface area contributed by atoms with Crippen molar-refractivity contribution in [1.82, 2.24) is 25.3 Å². The summed E-state index contributed by atoms with van der Waals surface area (Å²) in [6.45, 7) is 1.15. The molecular weight excluding hydrogens is 404 g/mol. The molecule has 4 rings (SSSR count). The Labute approximate surface area is 176 Å². The molecule has 0 aliphatic rings. The van der Waals surface area contributed by atoms with Gasteiger partial charge in [0.2, 0.25) is 0 Å². The van der Waals surface area contributed by atoms with E-state index in [1.54, 1.807) is 22.3 Å². The van der Waals surface area contributed by atoms with E-state index >= 15 is 0 Å². The van der Waals surface area contributed by atoms with Crippen molar-refractivity contribution in [2.75, 3.05) is 0 Å². The number of hydroxylamine groups is 1. The van der Waals surface area contributed by atoms with E-state index in [4.69, 9.17) is 5.21 Å². The number of halogens is 2. The molecule has 7 nitrogen and oxygen atoms in total. The van der Waals surface area contributed by atoms with Crippen LogP contribution >= 0.6 is 0 Å². The minimum atomic E-state index is -0.730. The number of amides is 1. The lowest BCUT2D eigenvalue weighted by Gasteiger charge is -2.07. The zero-order chi connectivity index (χ0) is 21.8. The summed E-state index contributed by atoms with van der Waals surface area (Å²) in [6.07, 6.45) is 5.04. The van der Waals surface area contributed by atoms with Gasteiger partial charge in [0.05, 0.1) is 24.0 Å². The summed E-state index contributed by atoms with van der Waals surface area (Å²) < 4.78 is 29.2. The Balaban J connectivity index is 1.66. The first-order valence-electron chi connectivity index (χ1n) is 9.52. The van der Waals surface area contributed by atoms with Crippen LogP contribution < -0.4 is 10.8 Å². The molecule has 0 saturated heterocycles. The van der Waals surface area contributed by atoms with Crippen molar-refractivity contribution in [1.29, 1.82) is 0 Å². The zero-order valence-electron chi connectivity index (χ0n) is 16.3. The Morgan fingerprint density at radius 2 is 1.94 bits per heavy atom. The van der Waals surface area contributed by atoms with E-state index in [9.17, 15) is 13.6 Å². The highest BCUT2D eigenvalue weighted by molar-refractivity contribution is 5.96. The molecule has 0 aliphatic heterocycles. The summed E-state index contributed by atoms with van der Waals surface area (Å²) in [5, 5.41) is 12.9. The van der Waals surface area contributed by atoms with E-state index in [2.05, 4.69) is 15.3 Å². The third-order valence-corrected chi connectivity index (χ3v) is 4.89. The lowest BCUT2D eigenvalue weighted by Crippen LogP contribution is -2.19. The number of carbonyl (C=O) groups is 1. The number of nitrogens with zero attached hydrogens (tertiary/aromatic N) is 3. The number of carbonyl (C=O) groups excluding carboxylic acids is 1. The molecule has 0 spiro atoms. The molecule has 158 valence electrons. The average molecular weight is 423 g/mol. The molecular formula is C22H19F2N5O2. The third-order valence-electron chi connectivity index (χ3n) is 4.89. The number of nitrogens with one attached hydrogen (secondary N) is 2. The predicted molar refractivity (Wildman–Crippen MR) is 109 cm³/mol. The van der Waals surface area contributed by atoms with Gasteiger partial charge in [0.25, 0.3) is 5.91 Å². The van der Waals surface area contributed by atoms with Crippen molar-refractivity contribution in [2.45, 2.75) is 19.6 Å². The monoisotopic (exact) mass is 423 g/mol. The standard InChI is InChI=1S/C22H19F2N5O2/c23-16-5-4-14(19(24)7-16)12-29-13-15(9-25-10-17-3-1-2-6-26-17)18-8-20(22(30)28-31)27-11-21(18)29/h1-8,11,13,25,31H,9-10,12H2,(H,28,30). The van der Waals surface area contributed by atoms with Crippen molar-refractivity contribution >= 4 is 16.8 Å². The smallest absolute Gasteiger partial charge is 0.293 e. The van der Waals surface area contributed by atoms with Crippen molar-refractivity contribution in [3.05, 3.63) is 95.2 Å². The van der Waals surface area contributed by atoms with E-state index in [1.807, 2.05) is 24.4 Å². The molecule has 3 N–H and O–H groups in total. The first kappa shape index (κ1) is 20.6. The summed E-state index contributed by atoms with van der Waals surface area (Å²) in [4.78, 5) is 20.2. The SMILES string of the molecule is O=C(NO)c1cc2c(CNCc3ccccn3)cn(Cc3ccc(F)cc3F)c2cn1. The third kappa shape index (κ3) is 4.57.